The van der Waals surface area contributed by atoms with E-state index in [0.29, 0.717) is 5.56 Å². The van der Waals surface area contributed by atoms with E-state index in [1.807, 2.05) is 0 Å². The fourth-order valence-corrected chi connectivity index (χ4v) is 2.97. The summed E-state index contributed by atoms with van der Waals surface area (Å²) in [7, 11) is 0. The minimum absolute atomic E-state index is 0.0510. The van der Waals surface area contributed by atoms with Gasteiger partial charge in [0.15, 0.2) is 11.6 Å². The quantitative estimate of drug-likeness (QED) is 0.597. The molecule has 0 aliphatic carbocycles. The average Bonchev–Trinajstić information content (AvgIpc) is 3.12. The van der Waals surface area contributed by atoms with Crippen molar-refractivity contribution >= 4 is 29.1 Å². The Balaban J connectivity index is 1.64. The zero-order chi connectivity index (χ0) is 21.2. The molecule has 0 saturated carbocycles. The lowest BCUT2D eigenvalue weighted by atomic mass is 10.1. The lowest BCUT2D eigenvalue weighted by Gasteiger charge is -2.08. The SMILES string of the molecule is O=C(NCc1cccc(C(F)(F)F)c1)c1nc(Cc2cc(Cl)c(O)c(Cl)c2)no1. The summed E-state index contributed by atoms with van der Waals surface area (Å²) >= 11 is 11.7. The zero-order valence-electron chi connectivity index (χ0n) is 14.4. The molecule has 2 aromatic carbocycles. The Morgan fingerprint density at radius 3 is 2.48 bits per heavy atom. The van der Waals surface area contributed by atoms with Crippen molar-refractivity contribution < 1.29 is 27.6 Å². The molecular formula is C18H12Cl2F3N3O3. The largest absolute Gasteiger partial charge is 0.505 e. The molecule has 0 fully saturated rings. The smallest absolute Gasteiger partial charge is 0.416 e. The van der Waals surface area contributed by atoms with Crippen molar-refractivity contribution in [3.05, 3.63) is 74.8 Å². The van der Waals surface area contributed by atoms with Gasteiger partial charge in [0, 0.05) is 13.0 Å². The van der Waals surface area contributed by atoms with E-state index in [1.165, 1.54) is 24.3 Å². The summed E-state index contributed by atoms with van der Waals surface area (Å²) in [6.45, 7) is -0.149. The predicted octanol–water partition coefficient (Wildman–Crippen LogP) is 4.62. The number of aromatic nitrogens is 2. The van der Waals surface area contributed by atoms with Crippen molar-refractivity contribution in [2.24, 2.45) is 0 Å². The fourth-order valence-electron chi connectivity index (χ4n) is 2.44. The summed E-state index contributed by atoms with van der Waals surface area (Å²) in [5.74, 6) is -1.17. The number of phenolic OH excluding ortho intramolecular Hbond substituents is 1. The van der Waals surface area contributed by atoms with E-state index < -0.39 is 17.6 Å². The fraction of sp³-hybridized carbons (Fsp3) is 0.167. The number of rotatable bonds is 5. The molecule has 1 heterocycles. The molecule has 1 aromatic heterocycles. The molecule has 152 valence electrons. The number of carbonyl (C=O) groups is 1. The number of hydrogen-bond acceptors (Lipinski definition) is 5. The number of halogens is 5. The van der Waals surface area contributed by atoms with Crippen LogP contribution in [0.4, 0.5) is 13.2 Å². The van der Waals surface area contributed by atoms with Crippen LogP contribution < -0.4 is 5.32 Å². The second-order valence-electron chi connectivity index (χ2n) is 5.98. The molecule has 6 nitrogen and oxygen atoms in total. The molecular weight excluding hydrogens is 434 g/mol. The molecule has 11 heteroatoms. The number of hydrogen-bond donors (Lipinski definition) is 2. The van der Waals surface area contributed by atoms with Crippen molar-refractivity contribution in [1.82, 2.24) is 15.5 Å². The van der Waals surface area contributed by atoms with E-state index in [-0.39, 0.29) is 46.0 Å². The number of aromatic hydroxyl groups is 1. The second-order valence-corrected chi connectivity index (χ2v) is 6.80. The molecule has 0 atom stereocenters. The number of alkyl halides is 3. The second kappa shape index (κ2) is 8.30. The molecule has 0 spiro atoms. The van der Waals surface area contributed by atoms with Crippen molar-refractivity contribution in [2.75, 3.05) is 0 Å². The first kappa shape index (κ1) is 20.9. The molecule has 1 amide bonds. The van der Waals surface area contributed by atoms with Gasteiger partial charge in [0.2, 0.25) is 0 Å². The van der Waals surface area contributed by atoms with Gasteiger partial charge < -0.3 is 14.9 Å². The minimum Gasteiger partial charge on any atom is -0.505 e. The Morgan fingerprint density at radius 1 is 1.14 bits per heavy atom. The van der Waals surface area contributed by atoms with Crippen LogP contribution in [0.25, 0.3) is 0 Å². The van der Waals surface area contributed by atoms with E-state index >= 15 is 0 Å². The lowest BCUT2D eigenvalue weighted by molar-refractivity contribution is -0.137. The normalized spacial score (nSPS) is 11.5. The molecule has 3 rings (SSSR count). The standard InChI is InChI=1S/C18H12Cl2F3N3O3/c19-12-5-10(6-13(20)15(12)27)7-14-25-17(29-26-14)16(28)24-8-9-2-1-3-11(4-9)18(21,22)23/h1-6,27H,7-8H2,(H,24,28). The van der Waals surface area contributed by atoms with Crippen LogP contribution in [0.15, 0.2) is 40.9 Å². The number of benzene rings is 2. The van der Waals surface area contributed by atoms with Gasteiger partial charge in [-0.15, -0.1) is 0 Å². The van der Waals surface area contributed by atoms with Gasteiger partial charge in [-0.25, -0.2) is 0 Å². The molecule has 0 saturated heterocycles. The Morgan fingerprint density at radius 2 is 1.83 bits per heavy atom. The van der Waals surface area contributed by atoms with Crippen molar-refractivity contribution in [2.45, 2.75) is 19.1 Å². The van der Waals surface area contributed by atoms with Crippen LogP contribution in [-0.4, -0.2) is 21.2 Å². The molecule has 0 bridgehead atoms. The number of carbonyl (C=O) groups excluding carboxylic acids is 1. The molecule has 29 heavy (non-hydrogen) atoms. The van der Waals surface area contributed by atoms with Crippen LogP contribution in [0.5, 0.6) is 5.75 Å². The van der Waals surface area contributed by atoms with Crippen LogP contribution in [-0.2, 0) is 19.1 Å². The van der Waals surface area contributed by atoms with Crippen molar-refractivity contribution in [3.8, 4) is 5.75 Å². The Kier molecular flexibility index (Phi) is 5.99. The highest BCUT2D eigenvalue weighted by atomic mass is 35.5. The maximum absolute atomic E-state index is 12.7. The summed E-state index contributed by atoms with van der Waals surface area (Å²) in [4.78, 5) is 16.1. The Bertz CT molecular complexity index is 1030. The van der Waals surface area contributed by atoms with Gasteiger partial charge >= 0.3 is 18.0 Å². The van der Waals surface area contributed by atoms with Gasteiger partial charge in [-0.05, 0) is 35.4 Å². The van der Waals surface area contributed by atoms with Gasteiger partial charge in [-0.2, -0.15) is 18.2 Å². The lowest BCUT2D eigenvalue weighted by Crippen LogP contribution is -2.23. The summed E-state index contributed by atoms with van der Waals surface area (Å²) < 4.78 is 43.1. The van der Waals surface area contributed by atoms with Gasteiger partial charge in [0.25, 0.3) is 0 Å². The summed E-state index contributed by atoms with van der Waals surface area (Å²) in [6, 6.07) is 7.52. The maximum Gasteiger partial charge on any atom is 0.416 e. The molecule has 3 aromatic rings. The van der Waals surface area contributed by atoms with Gasteiger partial charge in [-0.1, -0.05) is 40.5 Å². The topological polar surface area (TPSA) is 88.2 Å². The first-order valence-electron chi connectivity index (χ1n) is 8.07. The molecule has 0 aliphatic heterocycles. The van der Waals surface area contributed by atoms with Gasteiger partial charge in [-0.3, -0.25) is 4.79 Å². The van der Waals surface area contributed by atoms with Gasteiger partial charge in [0.1, 0.15) is 0 Å². The summed E-state index contributed by atoms with van der Waals surface area (Å²) in [6.07, 6.45) is -4.34. The van der Waals surface area contributed by atoms with Crippen molar-refractivity contribution in [1.29, 1.82) is 0 Å². The Labute approximate surface area is 172 Å². The van der Waals surface area contributed by atoms with Crippen molar-refractivity contribution in [3.63, 3.8) is 0 Å². The van der Waals surface area contributed by atoms with E-state index in [9.17, 15) is 23.1 Å². The van der Waals surface area contributed by atoms with Crippen LogP contribution in [0, 0.1) is 0 Å². The Hall–Kier alpha value is -2.78. The third kappa shape index (κ3) is 5.18. The number of nitrogens with one attached hydrogen (secondary N) is 1. The predicted molar refractivity (Wildman–Crippen MR) is 97.8 cm³/mol. The van der Waals surface area contributed by atoms with Crippen LogP contribution >= 0.6 is 23.2 Å². The molecule has 0 unspecified atom stereocenters. The average molecular weight is 446 g/mol. The number of amides is 1. The van der Waals surface area contributed by atoms with Crippen LogP contribution in [0.3, 0.4) is 0 Å². The van der Waals surface area contributed by atoms with E-state index in [1.54, 1.807) is 0 Å². The van der Waals surface area contributed by atoms with Gasteiger partial charge in [0.05, 0.1) is 15.6 Å². The summed E-state index contributed by atoms with van der Waals surface area (Å²) in [5.41, 5.74) is 0.0337. The number of phenols is 1. The summed E-state index contributed by atoms with van der Waals surface area (Å²) in [5, 5.41) is 15.8. The first-order chi connectivity index (χ1) is 13.6. The molecule has 0 radical (unpaired) electrons. The third-order valence-electron chi connectivity index (χ3n) is 3.81. The number of nitrogens with zero attached hydrogens (tertiary/aromatic N) is 2. The molecule has 2 N–H and O–H groups in total. The highest BCUT2D eigenvalue weighted by molar-refractivity contribution is 6.37. The monoisotopic (exact) mass is 445 g/mol. The third-order valence-corrected chi connectivity index (χ3v) is 4.38. The minimum atomic E-state index is -4.47. The highest BCUT2D eigenvalue weighted by Crippen LogP contribution is 2.33. The van der Waals surface area contributed by atoms with Crippen LogP contribution in [0.1, 0.15) is 33.2 Å². The van der Waals surface area contributed by atoms with E-state index in [2.05, 4.69) is 15.5 Å². The van der Waals surface area contributed by atoms with E-state index in [0.717, 1.165) is 12.1 Å². The van der Waals surface area contributed by atoms with Crippen LogP contribution in [0.2, 0.25) is 10.0 Å². The highest BCUT2D eigenvalue weighted by Gasteiger charge is 2.30. The zero-order valence-corrected chi connectivity index (χ0v) is 15.9. The maximum atomic E-state index is 12.7. The van der Waals surface area contributed by atoms with E-state index in [4.69, 9.17) is 27.7 Å². The first-order valence-corrected chi connectivity index (χ1v) is 8.83. The molecule has 0 aliphatic rings.